The second-order valence-corrected chi connectivity index (χ2v) is 4.35. The molecular weight excluding hydrogens is 208 g/mol. The second-order valence-electron chi connectivity index (χ2n) is 3.23. The van der Waals surface area contributed by atoms with Crippen LogP contribution in [0.1, 0.15) is 10.4 Å². The van der Waals surface area contributed by atoms with E-state index in [1.165, 1.54) is 5.56 Å². The van der Waals surface area contributed by atoms with E-state index in [4.69, 9.17) is 5.73 Å². The first-order chi connectivity index (χ1) is 7.38. The van der Waals surface area contributed by atoms with Gasteiger partial charge >= 0.3 is 0 Å². The minimum atomic E-state index is 0.567. The zero-order chi connectivity index (χ0) is 10.5. The van der Waals surface area contributed by atoms with E-state index in [0.29, 0.717) is 6.54 Å². The third-order valence-electron chi connectivity index (χ3n) is 2.11. The van der Waals surface area contributed by atoms with Gasteiger partial charge in [-0.25, -0.2) is 4.98 Å². The highest BCUT2D eigenvalue weighted by atomic mass is 32.1. The van der Waals surface area contributed by atoms with Gasteiger partial charge in [-0.05, 0) is 18.1 Å². The molecule has 4 N–H and O–H groups in total. The van der Waals surface area contributed by atoms with Gasteiger partial charge in [-0.1, -0.05) is 0 Å². The van der Waals surface area contributed by atoms with Gasteiger partial charge in [0.05, 0.1) is 0 Å². The highest BCUT2D eigenvalue weighted by Gasteiger charge is 1.99. The molecule has 0 atom stereocenters. The number of H-pyrrole nitrogens is 1. The standard InChI is InChI=1S/C10H14N4S/c11-5-9-7-14-10(15-9)13-4-2-8-1-3-12-6-8/h1,3,6-7,12H,2,4-5,11H2,(H,13,14). The Morgan fingerprint density at radius 2 is 2.47 bits per heavy atom. The van der Waals surface area contributed by atoms with Gasteiger partial charge in [0.25, 0.3) is 0 Å². The van der Waals surface area contributed by atoms with Crippen molar-refractivity contribution in [3.05, 3.63) is 35.1 Å². The Morgan fingerprint density at radius 3 is 3.13 bits per heavy atom. The molecule has 0 unspecified atom stereocenters. The maximum absolute atomic E-state index is 5.51. The number of aromatic amines is 1. The van der Waals surface area contributed by atoms with E-state index in [1.807, 2.05) is 18.6 Å². The van der Waals surface area contributed by atoms with Crippen LogP contribution in [-0.2, 0) is 13.0 Å². The van der Waals surface area contributed by atoms with Crippen LogP contribution in [0.5, 0.6) is 0 Å². The molecule has 0 aliphatic rings. The molecule has 15 heavy (non-hydrogen) atoms. The number of aromatic nitrogens is 2. The fourth-order valence-corrected chi connectivity index (χ4v) is 2.03. The molecule has 5 heteroatoms. The van der Waals surface area contributed by atoms with Gasteiger partial charge < -0.3 is 16.0 Å². The predicted octanol–water partition coefficient (Wildman–Crippen LogP) is 1.58. The summed E-state index contributed by atoms with van der Waals surface area (Å²) in [5, 5.41) is 4.23. The number of hydrogen-bond donors (Lipinski definition) is 3. The predicted molar refractivity (Wildman–Crippen MR) is 63.0 cm³/mol. The molecular formula is C10H14N4S. The summed E-state index contributed by atoms with van der Waals surface area (Å²) < 4.78 is 0. The van der Waals surface area contributed by atoms with Crippen molar-refractivity contribution in [3.63, 3.8) is 0 Å². The van der Waals surface area contributed by atoms with Gasteiger partial charge in [0.2, 0.25) is 0 Å². The lowest BCUT2D eigenvalue weighted by atomic mass is 10.2. The zero-order valence-electron chi connectivity index (χ0n) is 8.36. The van der Waals surface area contributed by atoms with Crippen molar-refractivity contribution < 1.29 is 0 Å². The van der Waals surface area contributed by atoms with E-state index in [0.717, 1.165) is 23.0 Å². The Balaban J connectivity index is 1.78. The van der Waals surface area contributed by atoms with Crippen LogP contribution in [0.2, 0.25) is 0 Å². The summed E-state index contributed by atoms with van der Waals surface area (Å²) in [5.74, 6) is 0. The zero-order valence-corrected chi connectivity index (χ0v) is 9.18. The first-order valence-corrected chi connectivity index (χ1v) is 5.70. The van der Waals surface area contributed by atoms with Crippen molar-refractivity contribution in [2.45, 2.75) is 13.0 Å². The Bertz CT molecular complexity index is 393. The molecule has 0 radical (unpaired) electrons. The van der Waals surface area contributed by atoms with Gasteiger partial charge in [0.1, 0.15) is 0 Å². The molecule has 4 nitrogen and oxygen atoms in total. The minimum absolute atomic E-state index is 0.567. The Hall–Kier alpha value is -1.33. The number of nitrogens with two attached hydrogens (primary N) is 1. The third kappa shape index (κ3) is 2.81. The van der Waals surface area contributed by atoms with Crippen molar-refractivity contribution in [2.24, 2.45) is 5.73 Å². The van der Waals surface area contributed by atoms with Crippen molar-refractivity contribution in [2.75, 3.05) is 11.9 Å². The summed E-state index contributed by atoms with van der Waals surface area (Å²) in [4.78, 5) is 8.37. The summed E-state index contributed by atoms with van der Waals surface area (Å²) in [5.41, 5.74) is 6.81. The third-order valence-corrected chi connectivity index (χ3v) is 3.08. The molecule has 0 spiro atoms. The average Bonchev–Trinajstić information content (AvgIpc) is 2.88. The van der Waals surface area contributed by atoms with Gasteiger partial charge in [0, 0.05) is 36.6 Å². The van der Waals surface area contributed by atoms with Crippen LogP contribution < -0.4 is 11.1 Å². The number of thiazole rings is 1. The Morgan fingerprint density at radius 1 is 1.53 bits per heavy atom. The van der Waals surface area contributed by atoms with Crippen LogP contribution in [0.25, 0.3) is 0 Å². The van der Waals surface area contributed by atoms with Crippen molar-refractivity contribution in [1.29, 1.82) is 0 Å². The van der Waals surface area contributed by atoms with E-state index in [2.05, 4.69) is 21.4 Å². The van der Waals surface area contributed by atoms with Crippen LogP contribution in [0.15, 0.2) is 24.7 Å². The Kier molecular flexibility index (Phi) is 3.37. The van der Waals surface area contributed by atoms with Crippen LogP contribution in [0.3, 0.4) is 0 Å². The summed E-state index contributed by atoms with van der Waals surface area (Å²) in [6, 6.07) is 2.08. The van der Waals surface area contributed by atoms with Crippen LogP contribution in [0, 0.1) is 0 Å². The minimum Gasteiger partial charge on any atom is -0.367 e. The van der Waals surface area contributed by atoms with E-state index in [-0.39, 0.29) is 0 Å². The maximum Gasteiger partial charge on any atom is 0.182 e. The van der Waals surface area contributed by atoms with Crippen LogP contribution in [-0.4, -0.2) is 16.5 Å². The summed E-state index contributed by atoms with van der Waals surface area (Å²) in [6.07, 6.45) is 6.77. The molecule has 0 saturated heterocycles. The number of anilines is 1. The van der Waals surface area contributed by atoms with Crippen molar-refractivity contribution >= 4 is 16.5 Å². The molecule has 0 aliphatic carbocycles. The normalized spacial score (nSPS) is 10.5. The fraction of sp³-hybridized carbons (Fsp3) is 0.300. The van der Waals surface area contributed by atoms with Gasteiger partial charge in [-0.3, -0.25) is 0 Å². The fourth-order valence-electron chi connectivity index (χ4n) is 1.31. The van der Waals surface area contributed by atoms with Crippen LogP contribution in [0.4, 0.5) is 5.13 Å². The monoisotopic (exact) mass is 222 g/mol. The van der Waals surface area contributed by atoms with Gasteiger partial charge in [0.15, 0.2) is 5.13 Å². The smallest absolute Gasteiger partial charge is 0.182 e. The van der Waals surface area contributed by atoms with E-state index in [9.17, 15) is 0 Å². The summed E-state index contributed by atoms with van der Waals surface area (Å²) >= 11 is 1.62. The van der Waals surface area contributed by atoms with E-state index < -0.39 is 0 Å². The summed E-state index contributed by atoms with van der Waals surface area (Å²) in [6.45, 7) is 1.46. The lowest BCUT2D eigenvalue weighted by Gasteiger charge is -1.99. The summed E-state index contributed by atoms with van der Waals surface area (Å²) in [7, 11) is 0. The molecule has 80 valence electrons. The number of nitrogens with zero attached hydrogens (tertiary/aromatic N) is 1. The van der Waals surface area contributed by atoms with E-state index in [1.54, 1.807) is 11.3 Å². The molecule has 0 fully saturated rings. The van der Waals surface area contributed by atoms with Crippen molar-refractivity contribution in [3.8, 4) is 0 Å². The van der Waals surface area contributed by atoms with Gasteiger partial charge in [-0.2, -0.15) is 0 Å². The number of hydrogen-bond acceptors (Lipinski definition) is 4. The van der Waals surface area contributed by atoms with Gasteiger partial charge in [-0.15, -0.1) is 11.3 Å². The lowest BCUT2D eigenvalue weighted by Crippen LogP contribution is -2.03. The molecule has 2 rings (SSSR count). The molecule has 2 aromatic rings. The SMILES string of the molecule is NCc1cnc(NCCc2cc[nH]c2)s1. The Labute approximate surface area is 92.5 Å². The van der Waals surface area contributed by atoms with E-state index >= 15 is 0 Å². The number of nitrogens with one attached hydrogen (secondary N) is 2. The molecule has 0 aromatic carbocycles. The molecule has 0 aliphatic heterocycles. The topological polar surface area (TPSA) is 66.7 Å². The largest absolute Gasteiger partial charge is 0.367 e. The highest BCUT2D eigenvalue weighted by molar-refractivity contribution is 7.15. The molecule has 0 amide bonds. The molecule has 0 saturated carbocycles. The second kappa shape index (κ2) is 4.95. The molecule has 0 bridgehead atoms. The quantitative estimate of drug-likeness (QED) is 0.719. The first-order valence-electron chi connectivity index (χ1n) is 4.89. The van der Waals surface area contributed by atoms with Crippen molar-refractivity contribution in [1.82, 2.24) is 9.97 Å². The molecule has 2 heterocycles. The molecule has 2 aromatic heterocycles. The average molecular weight is 222 g/mol. The highest BCUT2D eigenvalue weighted by Crippen LogP contribution is 2.16. The first kappa shape index (κ1) is 10.2. The lowest BCUT2D eigenvalue weighted by molar-refractivity contribution is 1.02. The number of rotatable bonds is 5. The van der Waals surface area contributed by atoms with Crippen LogP contribution >= 0.6 is 11.3 Å². The maximum atomic E-state index is 5.51.